The third kappa shape index (κ3) is 8.38. The van der Waals surface area contributed by atoms with E-state index in [4.69, 9.17) is 4.74 Å². The fraction of sp³-hybridized carbons (Fsp3) is 0.500. The van der Waals surface area contributed by atoms with E-state index in [-0.39, 0.29) is 5.82 Å². The van der Waals surface area contributed by atoms with Gasteiger partial charge in [-0.3, -0.25) is 0 Å². The Bertz CT molecular complexity index is 271. The van der Waals surface area contributed by atoms with E-state index < -0.39 is 0 Å². The first-order chi connectivity index (χ1) is 7.83. The molecule has 0 amide bonds. The van der Waals surface area contributed by atoms with E-state index in [0.717, 1.165) is 18.6 Å². The van der Waals surface area contributed by atoms with Crippen LogP contribution in [0.4, 0.5) is 4.39 Å². The average Bonchev–Trinajstić information content (AvgIpc) is 2.32. The van der Waals surface area contributed by atoms with Gasteiger partial charge in [-0.15, -0.1) is 17.7 Å². The van der Waals surface area contributed by atoms with Crippen LogP contribution >= 0.6 is 13.6 Å². The quantitative estimate of drug-likeness (QED) is 0.429. The van der Waals surface area contributed by atoms with Gasteiger partial charge in [-0.25, -0.2) is 4.39 Å². The number of benzene rings is 1. The Balaban J connectivity index is 0.00000106. The first kappa shape index (κ1) is 16.2. The molecule has 0 bridgehead atoms. The Morgan fingerprint density at radius 1 is 1.44 bits per heavy atom. The van der Waals surface area contributed by atoms with Crippen molar-refractivity contribution in [2.45, 2.75) is 32.8 Å². The van der Waals surface area contributed by atoms with Gasteiger partial charge in [-0.05, 0) is 6.42 Å². The van der Waals surface area contributed by atoms with E-state index in [9.17, 15) is 4.39 Å². The van der Waals surface area contributed by atoms with Gasteiger partial charge in [-0.1, -0.05) is 19.8 Å². The van der Waals surface area contributed by atoms with E-state index in [0.29, 0.717) is 6.61 Å². The molecule has 86 valence electrons. The van der Waals surface area contributed by atoms with Crippen molar-refractivity contribution in [1.82, 2.24) is 0 Å². The zero-order valence-corrected chi connectivity index (χ0v) is 14.2. The third-order valence-electron chi connectivity index (χ3n) is 1.97. The molecule has 0 aliphatic rings. The van der Waals surface area contributed by atoms with E-state index >= 15 is 0 Å². The maximum atomic E-state index is 12.7. The van der Waals surface area contributed by atoms with Crippen LogP contribution < -0.4 is 0 Å². The van der Waals surface area contributed by atoms with Crippen molar-refractivity contribution in [2.24, 2.45) is 0 Å². The molecule has 0 radical (unpaired) electrons. The van der Waals surface area contributed by atoms with E-state index in [1.54, 1.807) is 6.07 Å². The molecular formula is C12H16BrFOZn. The summed E-state index contributed by atoms with van der Waals surface area (Å²) in [4.78, 5) is 0. The molecule has 0 aromatic heterocycles. The minimum atomic E-state index is -0.226. The summed E-state index contributed by atoms with van der Waals surface area (Å²) in [5.74, 6) is -0.226. The summed E-state index contributed by atoms with van der Waals surface area (Å²) in [7, 11) is 0. The summed E-state index contributed by atoms with van der Waals surface area (Å²) in [5.41, 5.74) is 0.779. The van der Waals surface area contributed by atoms with E-state index in [2.05, 4.69) is 26.6 Å². The molecular weight excluding hydrogens is 324 g/mol. The Morgan fingerprint density at radius 2 is 2.19 bits per heavy atom. The van der Waals surface area contributed by atoms with E-state index in [1.165, 1.54) is 41.3 Å². The standard InChI is InChI=1S/C12H16FO.BrH.Zn/c1-2-3-4-8-14-10-11-6-5-7-12(13)9-11;;/h5,7,9H,2-4,8,10H2,1H3;1H;/q-1;;+2/p-1. The first-order valence-corrected chi connectivity index (χ1v) is 12.3. The van der Waals surface area contributed by atoms with Gasteiger partial charge in [0.25, 0.3) is 0 Å². The van der Waals surface area contributed by atoms with Crippen molar-refractivity contribution >= 4 is 13.6 Å². The minimum absolute atomic E-state index is 0.226. The molecule has 0 spiro atoms. The van der Waals surface area contributed by atoms with Gasteiger partial charge in [0, 0.05) is 19.0 Å². The third-order valence-corrected chi connectivity index (χ3v) is 1.97. The van der Waals surface area contributed by atoms with Crippen molar-refractivity contribution in [3.8, 4) is 0 Å². The molecule has 0 fully saturated rings. The summed E-state index contributed by atoms with van der Waals surface area (Å²) in [5, 5.41) is 0. The van der Waals surface area contributed by atoms with Crippen LogP contribution in [-0.4, -0.2) is 6.61 Å². The van der Waals surface area contributed by atoms with Crippen LogP contribution in [-0.2, 0) is 27.7 Å². The normalized spacial score (nSPS) is 9.56. The van der Waals surface area contributed by atoms with Crippen molar-refractivity contribution in [3.05, 3.63) is 35.6 Å². The second-order valence-electron chi connectivity index (χ2n) is 3.29. The van der Waals surface area contributed by atoms with Crippen molar-refractivity contribution in [2.75, 3.05) is 6.61 Å². The van der Waals surface area contributed by atoms with Crippen LogP contribution in [0.25, 0.3) is 0 Å². The summed E-state index contributed by atoms with van der Waals surface area (Å²) in [6, 6.07) is 7.37. The van der Waals surface area contributed by atoms with Crippen LogP contribution in [0.3, 0.4) is 0 Å². The van der Waals surface area contributed by atoms with Crippen LogP contribution in [0.15, 0.2) is 18.2 Å². The Kier molecular flexibility index (Phi) is 11.8. The Morgan fingerprint density at radius 3 is 2.81 bits per heavy atom. The summed E-state index contributed by atoms with van der Waals surface area (Å²) < 4.78 is 18.1. The maximum absolute atomic E-state index is 12.7. The van der Waals surface area contributed by atoms with E-state index in [1.807, 2.05) is 0 Å². The van der Waals surface area contributed by atoms with Crippen molar-refractivity contribution in [1.29, 1.82) is 0 Å². The molecule has 0 unspecified atom stereocenters. The Labute approximate surface area is 114 Å². The summed E-state index contributed by atoms with van der Waals surface area (Å²) >= 11 is 4.25. The molecule has 0 saturated carbocycles. The molecule has 1 aromatic carbocycles. The second-order valence-corrected chi connectivity index (χ2v) is 3.29. The molecule has 4 heteroatoms. The average molecular weight is 341 g/mol. The van der Waals surface area contributed by atoms with Gasteiger partial charge in [0.2, 0.25) is 0 Å². The second kappa shape index (κ2) is 11.7. The van der Waals surface area contributed by atoms with Gasteiger partial charge in [0.15, 0.2) is 0 Å². The molecule has 0 atom stereocenters. The number of unbranched alkanes of at least 4 members (excludes halogenated alkanes) is 2. The molecule has 16 heavy (non-hydrogen) atoms. The molecule has 0 aliphatic heterocycles. The number of halogens is 2. The number of ether oxygens (including phenoxy) is 1. The zero-order valence-electron chi connectivity index (χ0n) is 9.64. The molecule has 1 nitrogen and oxygen atoms in total. The van der Waals surface area contributed by atoms with Gasteiger partial charge < -0.3 is 4.74 Å². The van der Waals surface area contributed by atoms with Gasteiger partial charge in [-0.2, -0.15) is 12.1 Å². The fourth-order valence-corrected chi connectivity index (χ4v) is 1.20. The number of hydrogen-bond donors (Lipinski definition) is 0. The van der Waals surface area contributed by atoms with Crippen molar-refractivity contribution in [3.63, 3.8) is 0 Å². The summed E-state index contributed by atoms with van der Waals surface area (Å²) in [6.45, 7) is 3.36. The fourth-order valence-electron chi connectivity index (χ4n) is 1.20. The Hall–Kier alpha value is 0.213. The molecule has 0 heterocycles. The van der Waals surface area contributed by atoms with Gasteiger partial charge in [0.1, 0.15) is 0 Å². The van der Waals surface area contributed by atoms with Crippen LogP contribution in [0.2, 0.25) is 0 Å². The molecule has 1 rings (SSSR count). The molecule has 0 N–H and O–H groups in total. The molecule has 0 saturated heterocycles. The molecule has 0 aliphatic carbocycles. The predicted octanol–water partition coefficient (Wildman–Crippen LogP) is 4.18. The van der Waals surface area contributed by atoms with Crippen molar-refractivity contribution < 1.29 is 25.5 Å². The zero-order chi connectivity index (χ0) is 12.2. The number of hydrogen-bond acceptors (Lipinski definition) is 1. The van der Waals surface area contributed by atoms with Crippen LogP contribution in [0.1, 0.15) is 31.7 Å². The predicted molar refractivity (Wildman–Crippen MR) is 63.3 cm³/mol. The molecule has 1 aromatic rings. The summed E-state index contributed by atoms with van der Waals surface area (Å²) in [6.07, 6.45) is 3.45. The van der Waals surface area contributed by atoms with Gasteiger partial charge >= 0.3 is 30.0 Å². The monoisotopic (exact) mass is 338 g/mol. The SMILES string of the molecule is CCCCCOCc1[c-]ccc(F)c1.[Zn+][Br]. The van der Waals surface area contributed by atoms with Crippen LogP contribution in [0, 0.1) is 11.9 Å². The number of rotatable bonds is 6. The first-order valence-electron chi connectivity index (χ1n) is 5.33. The van der Waals surface area contributed by atoms with Gasteiger partial charge in [0.05, 0.1) is 0 Å². The topological polar surface area (TPSA) is 9.23 Å². The van der Waals surface area contributed by atoms with Crippen LogP contribution in [0.5, 0.6) is 0 Å².